The van der Waals surface area contributed by atoms with Crippen LogP contribution in [0, 0.1) is 5.92 Å². The lowest BCUT2D eigenvalue weighted by molar-refractivity contribution is 0.0868. The number of likely N-dealkylation sites (tertiary alicyclic amines) is 2. The zero-order valence-corrected chi connectivity index (χ0v) is 20.7. The number of aromatic nitrogens is 1. The predicted octanol–water partition coefficient (Wildman–Crippen LogP) is 4.66. The van der Waals surface area contributed by atoms with Gasteiger partial charge in [-0.2, -0.15) is 0 Å². The maximum atomic E-state index is 13.0. The van der Waals surface area contributed by atoms with Crippen molar-refractivity contribution in [2.75, 3.05) is 39.3 Å². The first-order valence-electron chi connectivity index (χ1n) is 13.0. The summed E-state index contributed by atoms with van der Waals surface area (Å²) in [5, 5.41) is 4.24. The van der Waals surface area contributed by atoms with Gasteiger partial charge in [-0.25, -0.2) is 0 Å². The van der Waals surface area contributed by atoms with Gasteiger partial charge in [0, 0.05) is 42.6 Å². The Morgan fingerprint density at radius 1 is 1.09 bits per heavy atom. The van der Waals surface area contributed by atoms with E-state index >= 15 is 0 Å². The van der Waals surface area contributed by atoms with Crippen molar-refractivity contribution in [2.24, 2.45) is 5.92 Å². The molecule has 1 amide bonds. The molecule has 2 aliphatic heterocycles. The Hall–Kier alpha value is -2.05. The van der Waals surface area contributed by atoms with Gasteiger partial charge in [0.2, 0.25) is 0 Å². The maximum Gasteiger partial charge on any atom is 0.267 e. The van der Waals surface area contributed by atoms with Gasteiger partial charge in [-0.15, -0.1) is 0 Å². The van der Waals surface area contributed by atoms with E-state index in [-0.39, 0.29) is 11.9 Å². The van der Waals surface area contributed by atoms with E-state index in [1.54, 1.807) is 0 Å². The minimum atomic E-state index is -0.0166. The molecular formula is C27H42N4O2. The molecule has 2 saturated heterocycles. The zero-order valence-electron chi connectivity index (χ0n) is 20.7. The molecule has 1 aromatic heterocycles. The predicted molar refractivity (Wildman–Crippen MR) is 135 cm³/mol. The van der Waals surface area contributed by atoms with E-state index in [2.05, 4.69) is 40.9 Å². The first-order valence-corrected chi connectivity index (χ1v) is 13.0. The molecule has 6 heteroatoms. The van der Waals surface area contributed by atoms with Crippen molar-refractivity contribution >= 4 is 16.8 Å². The van der Waals surface area contributed by atoms with E-state index in [1.807, 2.05) is 24.3 Å². The number of amides is 1. The van der Waals surface area contributed by atoms with Crippen LogP contribution < -0.4 is 10.1 Å². The first-order chi connectivity index (χ1) is 16.0. The molecule has 33 heavy (non-hydrogen) atoms. The molecular weight excluding hydrogens is 412 g/mol. The van der Waals surface area contributed by atoms with Gasteiger partial charge in [0.15, 0.2) is 0 Å². The zero-order chi connectivity index (χ0) is 23.2. The van der Waals surface area contributed by atoms with Crippen LogP contribution in [0.25, 0.3) is 10.9 Å². The van der Waals surface area contributed by atoms with Crippen LogP contribution in [0.5, 0.6) is 5.75 Å². The Balaban J connectivity index is 1.28. The molecule has 2 aromatic rings. The average molecular weight is 455 g/mol. The van der Waals surface area contributed by atoms with E-state index < -0.39 is 0 Å². The molecule has 3 heterocycles. The summed E-state index contributed by atoms with van der Waals surface area (Å²) >= 11 is 0. The minimum Gasteiger partial charge on any atom is -0.493 e. The number of ether oxygens (including phenoxy) is 1. The van der Waals surface area contributed by atoms with Gasteiger partial charge >= 0.3 is 0 Å². The topological polar surface area (TPSA) is 60.6 Å². The minimum absolute atomic E-state index is 0.0166. The van der Waals surface area contributed by atoms with Gasteiger partial charge < -0.3 is 19.9 Å². The summed E-state index contributed by atoms with van der Waals surface area (Å²) in [6.07, 6.45) is 7.50. The highest BCUT2D eigenvalue weighted by Gasteiger charge is 2.26. The summed E-state index contributed by atoms with van der Waals surface area (Å²) in [7, 11) is 0. The average Bonchev–Trinajstić information content (AvgIpc) is 3.09. The Labute approximate surface area is 199 Å². The summed E-state index contributed by atoms with van der Waals surface area (Å²) in [4.78, 5) is 21.5. The standard InChI is InChI=1S/C27H42N4O2/c1-20(2)19-33-26-10-8-9-24-23(26)17-25(29-24)27(32)28-22-11-15-31(16-12-22)21(3)18-30-13-6-4-5-7-14-30/h8-10,17,20-22,29H,4-7,11-16,18-19H2,1-3H3,(H,28,32)/t21-/m1/s1. The second-order valence-electron chi connectivity index (χ2n) is 10.5. The van der Waals surface area contributed by atoms with Crippen LogP contribution in [0.2, 0.25) is 0 Å². The Morgan fingerprint density at radius 3 is 2.52 bits per heavy atom. The molecule has 0 unspecified atom stereocenters. The molecule has 2 fully saturated rings. The fourth-order valence-electron chi connectivity index (χ4n) is 5.19. The fraction of sp³-hybridized carbons (Fsp3) is 0.667. The van der Waals surface area contributed by atoms with Gasteiger partial charge in [-0.05, 0) is 69.8 Å². The van der Waals surface area contributed by atoms with E-state index in [0.717, 1.165) is 42.6 Å². The lowest BCUT2D eigenvalue weighted by Crippen LogP contribution is -2.50. The third kappa shape index (κ3) is 6.51. The molecule has 0 aliphatic carbocycles. The third-order valence-electron chi connectivity index (χ3n) is 7.15. The number of carbonyl (C=O) groups is 1. The van der Waals surface area contributed by atoms with Crippen molar-refractivity contribution in [2.45, 2.75) is 71.4 Å². The van der Waals surface area contributed by atoms with Crippen LogP contribution in [0.15, 0.2) is 24.3 Å². The van der Waals surface area contributed by atoms with Crippen molar-refractivity contribution in [1.29, 1.82) is 0 Å². The van der Waals surface area contributed by atoms with E-state index in [1.165, 1.54) is 45.3 Å². The molecule has 2 aliphatic rings. The summed E-state index contributed by atoms with van der Waals surface area (Å²) in [6, 6.07) is 8.69. The molecule has 2 N–H and O–H groups in total. The van der Waals surface area contributed by atoms with Crippen molar-refractivity contribution in [3.05, 3.63) is 30.0 Å². The summed E-state index contributed by atoms with van der Waals surface area (Å²) in [5.41, 5.74) is 1.56. The first kappa shape index (κ1) is 24.1. The Bertz CT molecular complexity index is 893. The summed E-state index contributed by atoms with van der Waals surface area (Å²) < 4.78 is 5.96. The summed E-state index contributed by atoms with van der Waals surface area (Å²) in [5.74, 6) is 1.28. The van der Waals surface area contributed by atoms with Crippen molar-refractivity contribution in [1.82, 2.24) is 20.1 Å². The SMILES string of the molecule is CC(C)COc1cccc2[nH]c(C(=O)NC3CCN([C@H](C)CN4CCCCCC4)CC3)cc12. The third-order valence-corrected chi connectivity index (χ3v) is 7.15. The number of nitrogens with zero attached hydrogens (tertiary/aromatic N) is 2. The van der Waals surface area contributed by atoms with Gasteiger partial charge in [0.1, 0.15) is 11.4 Å². The Morgan fingerprint density at radius 2 is 1.82 bits per heavy atom. The second-order valence-corrected chi connectivity index (χ2v) is 10.5. The van der Waals surface area contributed by atoms with Crippen molar-refractivity contribution < 1.29 is 9.53 Å². The lowest BCUT2D eigenvalue weighted by Gasteiger charge is -2.38. The van der Waals surface area contributed by atoms with Crippen LogP contribution in [0.3, 0.4) is 0 Å². The number of carbonyl (C=O) groups excluding carboxylic acids is 1. The lowest BCUT2D eigenvalue weighted by atomic mass is 10.0. The van der Waals surface area contributed by atoms with Crippen molar-refractivity contribution in [3.8, 4) is 5.75 Å². The quantitative estimate of drug-likeness (QED) is 0.609. The van der Waals surface area contributed by atoms with Crippen LogP contribution in [0.4, 0.5) is 0 Å². The number of benzene rings is 1. The van der Waals surface area contributed by atoms with Crippen molar-refractivity contribution in [3.63, 3.8) is 0 Å². The number of H-pyrrole nitrogens is 1. The molecule has 1 atom stereocenters. The van der Waals surface area contributed by atoms with Gasteiger partial charge in [0.25, 0.3) is 5.91 Å². The van der Waals surface area contributed by atoms with Crippen LogP contribution in [-0.4, -0.2) is 72.1 Å². The maximum absolute atomic E-state index is 13.0. The largest absolute Gasteiger partial charge is 0.493 e. The number of nitrogens with one attached hydrogen (secondary N) is 2. The number of rotatable bonds is 8. The number of piperidine rings is 1. The fourth-order valence-corrected chi connectivity index (χ4v) is 5.19. The number of hydrogen-bond acceptors (Lipinski definition) is 4. The molecule has 1 aromatic carbocycles. The molecule has 182 valence electrons. The van der Waals surface area contributed by atoms with Crippen LogP contribution in [0.1, 0.15) is 69.8 Å². The molecule has 0 radical (unpaired) electrons. The molecule has 0 saturated carbocycles. The van der Waals surface area contributed by atoms with E-state index in [4.69, 9.17) is 4.74 Å². The van der Waals surface area contributed by atoms with Crippen LogP contribution in [-0.2, 0) is 0 Å². The van der Waals surface area contributed by atoms with E-state index in [9.17, 15) is 4.79 Å². The normalized spacial score (nSPS) is 20.1. The molecule has 4 rings (SSSR count). The number of hydrogen-bond donors (Lipinski definition) is 2. The highest BCUT2D eigenvalue weighted by molar-refractivity contribution is 5.99. The number of fused-ring (bicyclic) bond motifs is 1. The number of aromatic amines is 1. The van der Waals surface area contributed by atoms with Crippen LogP contribution >= 0.6 is 0 Å². The van der Waals surface area contributed by atoms with Gasteiger partial charge in [0.05, 0.1) is 6.61 Å². The van der Waals surface area contributed by atoms with Gasteiger partial charge in [-0.1, -0.05) is 32.8 Å². The molecule has 6 nitrogen and oxygen atoms in total. The molecule has 0 spiro atoms. The smallest absolute Gasteiger partial charge is 0.267 e. The highest BCUT2D eigenvalue weighted by atomic mass is 16.5. The summed E-state index contributed by atoms with van der Waals surface area (Å²) in [6.45, 7) is 13.1. The monoisotopic (exact) mass is 454 g/mol. The second kappa shape index (κ2) is 11.4. The van der Waals surface area contributed by atoms with E-state index in [0.29, 0.717) is 24.3 Å². The highest BCUT2D eigenvalue weighted by Crippen LogP contribution is 2.27. The Kier molecular flexibility index (Phi) is 8.31. The molecule has 0 bridgehead atoms. The van der Waals surface area contributed by atoms with Gasteiger partial charge in [-0.3, -0.25) is 9.69 Å².